The van der Waals surface area contributed by atoms with Crippen LogP contribution in [0.1, 0.15) is 53.8 Å². The normalized spacial score (nSPS) is 17.7. The lowest BCUT2D eigenvalue weighted by Gasteiger charge is -2.36. The van der Waals surface area contributed by atoms with Gasteiger partial charge in [0.1, 0.15) is 6.26 Å². The number of hydrogen-bond donors (Lipinski definition) is 0. The zero-order valence-corrected chi connectivity index (χ0v) is 23.0. The second-order valence-corrected chi connectivity index (χ2v) is 10.3. The number of anilines is 1. The summed E-state index contributed by atoms with van der Waals surface area (Å²) in [6, 6.07) is 9.07. The van der Waals surface area contributed by atoms with Gasteiger partial charge < -0.3 is 28.4 Å². The third-order valence-electron chi connectivity index (χ3n) is 7.56. The minimum Gasteiger partial charge on any atom is -0.446 e. The predicted octanol–water partition coefficient (Wildman–Crippen LogP) is 4.42. The zero-order valence-electron chi connectivity index (χ0n) is 23.0. The summed E-state index contributed by atoms with van der Waals surface area (Å²) < 4.78 is 52.6. The Morgan fingerprint density at radius 3 is 2.63 bits per heavy atom. The molecule has 1 atom stereocenters. The summed E-state index contributed by atoms with van der Waals surface area (Å²) in [4.78, 5) is 35.4. The van der Waals surface area contributed by atoms with Gasteiger partial charge in [-0.3, -0.25) is 9.59 Å². The Kier molecular flexibility index (Phi) is 8.67. The number of aromatic nitrogens is 2. The largest absolute Gasteiger partial charge is 0.446 e. The number of alkyl halides is 3. The first kappa shape index (κ1) is 28.7. The Labute approximate surface area is 236 Å². The number of hydrogen-bond acceptors (Lipinski definition) is 6. The molecular weight excluding hydrogens is 539 g/mol. The number of nitrogens with zero attached hydrogens (tertiary/aromatic N) is 5. The van der Waals surface area contributed by atoms with Gasteiger partial charge in [0.2, 0.25) is 11.8 Å². The van der Waals surface area contributed by atoms with Crippen LogP contribution in [0.2, 0.25) is 0 Å². The second kappa shape index (κ2) is 12.4. The molecule has 0 spiro atoms. The highest BCUT2D eigenvalue weighted by Gasteiger charge is 2.31. The van der Waals surface area contributed by atoms with E-state index in [1.165, 1.54) is 12.3 Å². The van der Waals surface area contributed by atoms with Gasteiger partial charge >= 0.3 is 6.18 Å². The highest BCUT2D eigenvalue weighted by molar-refractivity contribution is 5.92. The van der Waals surface area contributed by atoms with E-state index in [-0.39, 0.29) is 23.6 Å². The van der Waals surface area contributed by atoms with Gasteiger partial charge in [-0.1, -0.05) is 13.0 Å². The third kappa shape index (κ3) is 6.92. The average Bonchev–Trinajstić information content (AvgIpc) is 3.75. The molecule has 9 nitrogen and oxygen atoms in total. The van der Waals surface area contributed by atoms with E-state index in [1.54, 1.807) is 11.0 Å². The SMILES string of the molecule is CCC(=O)N(Cc1cccn1Cc1nc(C(=O)N2CCN(c3cccc(C(F)(F)F)c3)CC2)co1)CC1CCCO1. The molecule has 3 aromatic rings. The maximum atomic E-state index is 13.1. The van der Waals surface area contributed by atoms with Crippen LogP contribution in [-0.2, 0) is 28.8 Å². The van der Waals surface area contributed by atoms with Gasteiger partial charge in [-0.05, 0) is 43.2 Å². The van der Waals surface area contributed by atoms with Crippen LogP contribution in [0, 0.1) is 0 Å². The molecule has 220 valence electrons. The monoisotopic (exact) mass is 573 g/mol. The van der Waals surface area contributed by atoms with E-state index in [0.717, 1.165) is 37.3 Å². The van der Waals surface area contributed by atoms with Crippen LogP contribution in [0.25, 0.3) is 0 Å². The first-order chi connectivity index (χ1) is 19.7. The third-order valence-corrected chi connectivity index (χ3v) is 7.56. The van der Waals surface area contributed by atoms with Gasteiger partial charge in [0.25, 0.3) is 5.91 Å². The van der Waals surface area contributed by atoms with Crippen molar-refractivity contribution < 1.29 is 31.9 Å². The van der Waals surface area contributed by atoms with Crippen LogP contribution in [-0.4, -0.2) is 76.6 Å². The Morgan fingerprint density at radius 2 is 1.93 bits per heavy atom. The van der Waals surface area contributed by atoms with Crippen molar-refractivity contribution in [3.63, 3.8) is 0 Å². The average molecular weight is 574 g/mol. The molecule has 12 heteroatoms. The van der Waals surface area contributed by atoms with Crippen LogP contribution < -0.4 is 4.90 Å². The van der Waals surface area contributed by atoms with Gasteiger partial charge in [0, 0.05) is 63.3 Å². The molecular formula is C29H34F3N5O4. The Morgan fingerprint density at radius 1 is 1.12 bits per heavy atom. The summed E-state index contributed by atoms with van der Waals surface area (Å²) in [6.07, 6.45) is 1.23. The summed E-state index contributed by atoms with van der Waals surface area (Å²) in [6.45, 7) is 5.38. The van der Waals surface area contributed by atoms with Crippen molar-refractivity contribution in [1.29, 1.82) is 0 Å². The minimum absolute atomic E-state index is 0.0566. The van der Waals surface area contributed by atoms with Crippen molar-refractivity contribution in [3.05, 3.63) is 71.7 Å². The molecule has 2 fully saturated rings. The van der Waals surface area contributed by atoms with Crippen LogP contribution in [0.15, 0.2) is 53.3 Å². The van der Waals surface area contributed by atoms with Crippen LogP contribution in [0.5, 0.6) is 0 Å². The number of piperazine rings is 1. The maximum absolute atomic E-state index is 13.1. The molecule has 2 aliphatic rings. The number of ether oxygens (including phenoxy) is 1. The van der Waals surface area contributed by atoms with Crippen LogP contribution >= 0.6 is 0 Å². The first-order valence-corrected chi connectivity index (χ1v) is 13.9. The second-order valence-electron chi connectivity index (χ2n) is 10.3. The number of carbonyl (C=O) groups is 2. The highest BCUT2D eigenvalue weighted by atomic mass is 19.4. The van der Waals surface area contributed by atoms with Crippen molar-refractivity contribution in [2.75, 3.05) is 44.2 Å². The van der Waals surface area contributed by atoms with Crippen LogP contribution in [0.4, 0.5) is 18.9 Å². The molecule has 1 aromatic carbocycles. The lowest BCUT2D eigenvalue weighted by atomic mass is 10.1. The summed E-state index contributed by atoms with van der Waals surface area (Å²) >= 11 is 0. The number of oxazole rings is 1. The molecule has 0 bridgehead atoms. The molecule has 5 rings (SSSR count). The highest BCUT2D eigenvalue weighted by Crippen LogP contribution is 2.32. The molecule has 2 saturated heterocycles. The fourth-order valence-corrected chi connectivity index (χ4v) is 5.29. The molecule has 0 saturated carbocycles. The fourth-order valence-electron chi connectivity index (χ4n) is 5.29. The summed E-state index contributed by atoms with van der Waals surface area (Å²) in [5, 5.41) is 0. The predicted molar refractivity (Wildman–Crippen MR) is 144 cm³/mol. The zero-order chi connectivity index (χ0) is 29.0. The Hall–Kier alpha value is -3.80. The quantitative estimate of drug-likeness (QED) is 0.377. The van der Waals surface area contributed by atoms with Gasteiger partial charge in [-0.2, -0.15) is 13.2 Å². The topological polar surface area (TPSA) is 84.1 Å². The van der Waals surface area contributed by atoms with E-state index >= 15 is 0 Å². The molecule has 0 N–H and O–H groups in total. The molecule has 41 heavy (non-hydrogen) atoms. The van der Waals surface area contributed by atoms with E-state index in [1.807, 2.05) is 39.6 Å². The smallest absolute Gasteiger partial charge is 0.416 e. The van der Waals surface area contributed by atoms with Crippen molar-refractivity contribution >= 4 is 17.5 Å². The summed E-state index contributed by atoms with van der Waals surface area (Å²) in [7, 11) is 0. The van der Waals surface area contributed by atoms with Crippen molar-refractivity contribution in [3.8, 4) is 0 Å². The number of halogens is 3. The van der Waals surface area contributed by atoms with E-state index < -0.39 is 11.7 Å². The van der Waals surface area contributed by atoms with Gasteiger partial charge in [0.15, 0.2) is 5.69 Å². The Balaban J connectivity index is 1.18. The van der Waals surface area contributed by atoms with E-state index in [4.69, 9.17) is 9.15 Å². The standard InChI is InChI=1S/C29H34F3N5O4/c1-2-27(38)37(18-24-9-5-15-40-24)17-23-8-4-10-36(23)19-26-33-25(20-41-26)28(39)35-13-11-34(12-14-35)22-7-3-6-21(16-22)29(30,31)32/h3-4,6-8,10,16,20,24H,2,5,9,11-15,17-19H2,1H3. The molecule has 2 aliphatic heterocycles. The maximum Gasteiger partial charge on any atom is 0.416 e. The minimum atomic E-state index is -4.41. The fraction of sp³-hybridized carbons (Fsp3) is 0.483. The van der Waals surface area contributed by atoms with E-state index in [0.29, 0.717) is 63.8 Å². The lowest BCUT2D eigenvalue weighted by molar-refractivity contribution is -0.137. The molecule has 2 amide bonds. The van der Waals surface area contributed by atoms with Gasteiger partial charge in [0.05, 0.1) is 24.8 Å². The molecule has 0 radical (unpaired) electrons. The van der Waals surface area contributed by atoms with Crippen molar-refractivity contribution in [2.45, 2.75) is 51.6 Å². The number of benzene rings is 1. The Bertz CT molecular complexity index is 1340. The van der Waals surface area contributed by atoms with E-state index in [2.05, 4.69) is 4.98 Å². The molecule has 4 heterocycles. The van der Waals surface area contributed by atoms with Gasteiger partial charge in [-0.15, -0.1) is 0 Å². The van der Waals surface area contributed by atoms with Crippen molar-refractivity contribution in [2.24, 2.45) is 0 Å². The lowest BCUT2D eigenvalue weighted by Crippen LogP contribution is -2.49. The van der Waals surface area contributed by atoms with Crippen molar-refractivity contribution in [1.82, 2.24) is 19.4 Å². The van der Waals surface area contributed by atoms with Crippen LogP contribution in [0.3, 0.4) is 0 Å². The number of carbonyl (C=O) groups excluding carboxylic acids is 2. The summed E-state index contributed by atoms with van der Waals surface area (Å²) in [5.41, 5.74) is 0.888. The number of rotatable bonds is 9. The van der Waals surface area contributed by atoms with Gasteiger partial charge in [-0.25, -0.2) is 4.98 Å². The molecule has 0 aliphatic carbocycles. The summed E-state index contributed by atoms with van der Waals surface area (Å²) in [5.74, 6) is 0.138. The van der Waals surface area contributed by atoms with E-state index in [9.17, 15) is 22.8 Å². The number of amides is 2. The molecule has 2 aromatic heterocycles. The molecule has 1 unspecified atom stereocenters. The first-order valence-electron chi connectivity index (χ1n) is 13.9.